The Bertz CT molecular complexity index is 606. The lowest BCUT2D eigenvalue weighted by Crippen LogP contribution is -2.18. The van der Waals surface area contributed by atoms with Crippen molar-refractivity contribution in [2.24, 2.45) is 0 Å². The molecule has 0 radical (unpaired) electrons. The maximum atomic E-state index is 10.5. The number of rotatable bonds is 3. The Morgan fingerprint density at radius 1 is 1.20 bits per heavy atom. The summed E-state index contributed by atoms with van der Waals surface area (Å²) in [7, 11) is 0. The standard InChI is InChI=1S/C17H24N2O/c1-6-9-13-15(20)16(17(3,4)5)19(18-13)14-11-8-7-10-12(14)2/h7-8,10-11,20H,6,9H2,1-5H3. The van der Waals surface area contributed by atoms with Gasteiger partial charge in [-0.2, -0.15) is 5.10 Å². The number of nitrogens with zero attached hydrogens (tertiary/aromatic N) is 2. The molecule has 0 saturated carbocycles. The van der Waals surface area contributed by atoms with Crippen molar-refractivity contribution in [3.8, 4) is 11.4 Å². The molecule has 2 rings (SSSR count). The third-order valence-electron chi connectivity index (χ3n) is 3.47. The molecular weight excluding hydrogens is 248 g/mol. The lowest BCUT2D eigenvalue weighted by atomic mass is 9.90. The van der Waals surface area contributed by atoms with Gasteiger partial charge in [0.05, 0.1) is 11.4 Å². The Morgan fingerprint density at radius 3 is 2.40 bits per heavy atom. The van der Waals surface area contributed by atoms with Crippen molar-refractivity contribution < 1.29 is 5.11 Å². The molecular formula is C17H24N2O. The lowest BCUT2D eigenvalue weighted by Gasteiger charge is -2.21. The predicted octanol–water partition coefficient (Wildman–Crippen LogP) is 4.14. The number of hydrogen-bond acceptors (Lipinski definition) is 2. The highest BCUT2D eigenvalue weighted by Crippen LogP contribution is 2.36. The van der Waals surface area contributed by atoms with Crippen LogP contribution in [0.2, 0.25) is 0 Å². The third kappa shape index (κ3) is 2.58. The molecule has 1 heterocycles. The normalized spacial score (nSPS) is 11.8. The Morgan fingerprint density at radius 2 is 1.85 bits per heavy atom. The van der Waals surface area contributed by atoms with Gasteiger partial charge < -0.3 is 5.11 Å². The molecule has 0 saturated heterocycles. The topological polar surface area (TPSA) is 38.0 Å². The number of benzene rings is 1. The van der Waals surface area contributed by atoms with Gasteiger partial charge in [0.25, 0.3) is 0 Å². The second-order valence-corrected chi connectivity index (χ2v) is 6.34. The van der Waals surface area contributed by atoms with Gasteiger partial charge in [-0.25, -0.2) is 4.68 Å². The van der Waals surface area contributed by atoms with E-state index in [0.29, 0.717) is 5.75 Å². The third-order valence-corrected chi connectivity index (χ3v) is 3.47. The van der Waals surface area contributed by atoms with E-state index in [4.69, 9.17) is 0 Å². The summed E-state index contributed by atoms with van der Waals surface area (Å²) in [5, 5.41) is 15.2. The van der Waals surface area contributed by atoms with Crippen molar-refractivity contribution in [1.29, 1.82) is 0 Å². The average molecular weight is 272 g/mol. The summed E-state index contributed by atoms with van der Waals surface area (Å²) in [5.74, 6) is 0.350. The van der Waals surface area contributed by atoms with E-state index in [1.165, 1.54) is 0 Å². The van der Waals surface area contributed by atoms with Crippen LogP contribution in [0.5, 0.6) is 5.75 Å². The molecule has 1 aromatic carbocycles. The van der Waals surface area contributed by atoms with Crippen molar-refractivity contribution in [1.82, 2.24) is 9.78 Å². The van der Waals surface area contributed by atoms with Crippen molar-refractivity contribution in [2.75, 3.05) is 0 Å². The molecule has 0 bridgehead atoms. The summed E-state index contributed by atoms with van der Waals surface area (Å²) in [6.07, 6.45) is 1.77. The maximum absolute atomic E-state index is 10.5. The van der Waals surface area contributed by atoms with Crippen LogP contribution in [0.15, 0.2) is 24.3 Å². The van der Waals surface area contributed by atoms with Gasteiger partial charge in [0.15, 0.2) is 5.75 Å². The molecule has 0 amide bonds. The highest BCUT2D eigenvalue weighted by atomic mass is 16.3. The quantitative estimate of drug-likeness (QED) is 0.912. The summed E-state index contributed by atoms with van der Waals surface area (Å²) in [5.41, 5.74) is 3.71. The predicted molar refractivity (Wildman–Crippen MR) is 82.7 cm³/mol. The fourth-order valence-corrected chi connectivity index (χ4v) is 2.51. The number of aromatic hydroxyl groups is 1. The molecule has 0 aliphatic carbocycles. The average Bonchev–Trinajstić information content (AvgIpc) is 2.67. The van der Waals surface area contributed by atoms with E-state index < -0.39 is 0 Å². The molecule has 3 heteroatoms. The van der Waals surface area contributed by atoms with Crippen LogP contribution in [0.1, 0.15) is 51.1 Å². The fraction of sp³-hybridized carbons (Fsp3) is 0.471. The van der Waals surface area contributed by atoms with E-state index in [9.17, 15) is 5.11 Å². The Labute approximate surface area is 121 Å². The van der Waals surface area contributed by atoms with Crippen molar-refractivity contribution in [3.05, 3.63) is 41.2 Å². The minimum atomic E-state index is -0.161. The number of hydrogen-bond donors (Lipinski definition) is 1. The van der Waals surface area contributed by atoms with Crippen LogP contribution in [-0.4, -0.2) is 14.9 Å². The second-order valence-electron chi connectivity index (χ2n) is 6.34. The van der Waals surface area contributed by atoms with Gasteiger partial charge in [-0.3, -0.25) is 0 Å². The van der Waals surface area contributed by atoms with E-state index in [0.717, 1.165) is 35.5 Å². The first kappa shape index (κ1) is 14.6. The molecule has 0 atom stereocenters. The SMILES string of the molecule is CCCc1nn(-c2ccccc2C)c(C(C)(C)C)c1O. The molecule has 1 aromatic heterocycles. The zero-order valence-corrected chi connectivity index (χ0v) is 13.1. The molecule has 0 spiro atoms. The summed E-state index contributed by atoms with van der Waals surface area (Å²) in [6.45, 7) is 10.5. The van der Waals surface area contributed by atoms with Gasteiger partial charge in [-0.15, -0.1) is 0 Å². The minimum absolute atomic E-state index is 0.161. The summed E-state index contributed by atoms with van der Waals surface area (Å²) in [6, 6.07) is 8.14. The molecule has 108 valence electrons. The minimum Gasteiger partial charge on any atom is -0.504 e. The Hall–Kier alpha value is -1.77. The first-order chi connectivity index (χ1) is 9.36. The van der Waals surface area contributed by atoms with Gasteiger partial charge in [0.1, 0.15) is 5.69 Å². The summed E-state index contributed by atoms with van der Waals surface area (Å²) in [4.78, 5) is 0. The van der Waals surface area contributed by atoms with Crippen LogP contribution in [0.4, 0.5) is 0 Å². The highest BCUT2D eigenvalue weighted by Gasteiger charge is 2.28. The van der Waals surface area contributed by atoms with E-state index in [-0.39, 0.29) is 5.41 Å². The molecule has 0 fully saturated rings. The smallest absolute Gasteiger partial charge is 0.161 e. The van der Waals surface area contributed by atoms with Crippen LogP contribution < -0.4 is 0 Å². The summed E-state index contributed by atoms with van der Waals surface area (Å²) < 4.78 is 1.91. The van der Waals surface area contributed by atoms with Crippen molar-refractivity contribution in [2.45, 2.75) is 52.9 Å². The molecule has 0 aliphatic heterocycles. The van der Waals surface area contributed by atoms with Gasteiger partial charge >= 0.3 is 0 Å². The van der Waals surface area contributed by atoms with E-state index in [2.05, 4.69) is 45.8 Å². The number of aromatic nitrogens is 2. The van der Waals surface area contributed by atoms with Gasteiger partial charge in [0.2, 0.25) is 0 Å². The van der Waals surface area contributed by atoms with Crippen molar-refractivity contribution >= 4 is 0 Å². The molecule has 0 unspecified atom stereocenters. The van der Waals surface area contributed by atoms with Crippen LogP contribution >= 0.6 is 0 Å². The van der Waals surface area contributed by atoms with Gasteiger partial charge in [0, 0.05) is 5.41 Å². The number of aryl methyl sites for hydroxylation is 2. The molecule has 2 aromatic rings. The van der Waals surface area contributed by atoms with Crippen LogP contribution in [0, 0.1) is 6.92 Å². The first-order valence-electron chi connectivity index (χ1n) is 7.23. The first-order valence-corrected chi connectivity index (χ1v) is 7.23. The van der Waals surface area contributed by atoms with Gasteiger partial charge in [-0.1, -0.05) is 52.3 Å². The van der Waals surface area contributed by atoms with Crippen LogP contribution in [-0.2, 0) is 11.8 Å². The molecule has 3 nitrogen and oxygen atoms in total. The van der Waals surface area contributed by atoms with Crippen molar-refractivity contribution in [3.63, 3.8) is 0 Å². The van der Waals surface area contributed by atoms with E-state index in [1.54, 1.807) is 0 Å². The largest absolute Gasteiger partial charge is 0.504 e. The molecule has 1 N–H and O–H groups in total. The zero-order valence-electron chi connectivity index (χ0n) is 13.1. The van der Waals surface area contributed by atoms with Crippen LogP contribution in [0.25, 0.3) is 5.69 Å². The Kier molecular flexibility index (Phi) is 3.89. The van der Waals surface area contributed by atoms with Gasteiger partial charge in [-0.05, 0) is 25.0 Å². The maximum Gasteiger partial charge on any atom is 0.161 e. The zero-order chi connectivity index (χ0) is 14.9. The molecule has 0 aliphatic rings. The Balaban J connectivity index is 2.69. The van der Waals surface area contributed by atoms with Crippen LogP contribution in [0.3, 0.4) is 0 Å². The van der Waals surface area contributed by atoms with E-state index in [1.807, 2.05) is 22.9 Å². The fourth-order valence-electron chi connectivity index (χ4n) is 2.51. The monoisotopic (exact) mass is 272 g/mol. The lowest BCUT2D eigenvalue weighted by molar-refractivity contribution is 0.435. The highest BCUT2D eigenvalue weighted by molar-refractivity contribution is 5.47. The molecule has 20 heavy (non-hydrogen) atoms. The summed E-state index contributed by atoms with van der Waals surface area (Å²) >= 11 is 0. The second kappa shape index (κ2) is 5.31. The number of para-hydroxylation sites is 1. The van der Waals surface area contributed by atoms with E-state index >= 15 is 0 Å².